The Labute approximate surface area is 87.3 Å². The molecule has 0 atom stereocenters. The van der Waals surface area contributed by atoms with Gasteiger partial charge < -0.3 is 20.3 Å². The van der Waals surface area contributed by atoms with E-state index in [1.54, 1.807) is 0 Å². The van der Waals surface area contributed by atoms with Crippen molar-refractivity contribution in [3.63, 3.8) is 0 Å². The van der Waals surface area contributed by atoms with E-state index in [1.165, 1.54) is 25.9 Å². The highest BCUT2D eigenvalue weighted by atomic mass is 16.5. The van der Waals surface area contributed by atoms with Gasteiger partial charge in [0.05, 0.1) is 26.4 Å². The standard InChI is InChI=1S/C6H15N.C4H10O3/c1-3-5-7-6-4-2;5-1-3-7-4-2-6/h7H,3-6H2,1-2H3;5-6H,1-4H2. The van der Waals surface area contributed by atoms with Crippen molar-refractivity contribution in [2.24, 2.45) is 0 Å². The molecule has 0 rings (SSSR count). The summed E-state index contributed by atoms with van der Waals surface area (Å²) in [6, 6.07) is 0. The van der Waals surface area contributed by atoms with E-state index in [0.717, 1.165) is 0 Å². The number of aliphatic hydroxyl groups is 2. The second-order valence-corrected chi connectivity index (χ2v) is 2.81. The molecule has 0 saturated carbocycles. The Morgan fingerprint density at radius 1 is 0.929 bits per heavy atom. The molecule has 0 radical (unpaired) electrons. The van der Waals surface area contributed by atoms with Crippen LogP contribution in [0.3, 0.4) is 0 Å². The predicted molar refractivity (Wildman–Crippen MR) is 58.4 cm³/mol. The lowest BCUT2D eigenvalue weighted by atomic mass is 10.4. The third kappa shape index (κ3) is 22.6. The van der Waals surface area contributed by atoms with Gasteiger partial charge in [-0.1, -0.05) is 13.8 Å². The lowest BCUT2D eigenvalue weighted by Crippen LogP contribution is -2.14. The summed E-state index contributed by atoms with van der Waals surface area (Å²) >= 11 is 0. The first kappa shape index (κ1) is 16.3. The van der Waals surface area contributed by atoms with Gasteiger partial charge in [0, 0.05) is 0 Å². The smallest absolute Gasteiger partial charge is 0.0698 e. The second-order valence-electron chi connectivity index (χ2n) is 2.81. The fraction of sp³-hybridized carbons (Fsp3) is 1.00. The Balaban J connectivity index is 0. The van der Waals surface area contributed by atoms with Gasteiger partial charge in [0.15, 0.2) is 0 Å². The monoisotopic (exact) mass is 207 g/mol. The third-order valence-corrected chi connectivity index (χ3v) is 1.32. The second kappa shape index (κ2) is 18.6. The molecule has 0 bridgehead atoms. The SMILES string of the molecule is CCCNCCC.OCCOCCO. The molecule has 0 aromatic heterocycles. The summed E-state index contributed by atoms with van der Waals surface area (Å²) in [5, 5.41) is 19.5. The maximum absolute atomic E-state index is 8.09. The molecule has 0 fully saturated rings. The fourth-order valence-corrected chi connectivity index (χ4v) is 0.710. The number of nitrogens with one attached hydrogen (secondary N) is 1. The van der Waals surface area contributed by atoms with Crippen molar-refractivity contribution in [1.29, 1.82) is 0 Å². The summed E-state index contributed by atoms with van der Waals surface area (Å²) in [5.74, 6) is 0. The van der Waals surface area contributed by atoms with Crippen LogP contribution in [0, 0.1) is 0 Å². The maximum Gasteiger partial charge on any atom is 0.0698 e. The first-order valence-corrected chi connectivity index (χ1v) is 5.33. The quantitative estimate of drug-likeness (QED) is 0.504. The van der Waals surface area contributed by atoms with Crippen molar-refractivity contribution >= 4 is 0 Å². The molecule has 4 nitrogen and oxygen atoms in total. The summed E-state index contributed by atoms with van der Waals surface area (Å²) in [6.07, 6.45) is 2.50. The molecule has 0 heterocycles. The van der Waals surface area contributed by atoms with Crippen LogP contribution in [0.15, 0.2) is 0 Å². The summed E-state index contributed by atoms with van der Waals surface area (Å²) in [5.41, 5.74) is 0. The summed E-state index contributed by atoms with van der Waals surface area (Å²) in [4.78, 5) is 0. The first-order chi connectivity index (χ1) is 6.83. The van der Waals surface area contributed by atoms with Crippen LogP contribution in [0.25, 0.3) is 0 Å². The normalized spacial score (nSPS) is 9.43. The average molecular weight is 207 g/mol. The van der Waals surface area contributed by atoms with Crippen LogP contribution in [-0.4, -0.2) is 49.7 Å². The highest BCUT2D eigenvalue weighted by molar-refractivity contribution is 4.39. The molecule has 0 aliphatic carbocycles. The van der Waals surface area contributed by atoms with Gasteiger partial charge in [-0.2, -0.15) is 0 Å². The number of hydrogen-bond donors (Lipinski definition) is 3. The summed E-state index contributed by atoms with van der Waals surface area (Å²) in [7, 11) is 0. The zero-order valence-corrected chi connectivity index (χ0v) is 9.46. The lowest BCUT2D eigenvalue weighted by molar-refractivity contribution is 0.0650. The highest BCUT2D eigenvalue weighted by Gasteiger charge is 1.79. The molecule has 88 valence electrons. The van der Waals surface area contributed by atoms with Crippen molar-refractivity contribution in [2.75, 3.05) is 39.5 Å². The van der Waals surface area contributed by atoms with E-state index >= 15 is 0 Å². The van der Waals surface area contributed by atoms with Crippen molar-refractivity contribution in [1.82, 2.24) is 5.32 Å². The summed E-state index contributed by atoms with van der Waals surface area (Å²) in [6.45, 7) is 7.41. The van der Waals surface area contributed by atoms with Gasteiger partial charge in [0.2, 0.25) is 0 Å². The van der Waals surface area contributed by atoms with Crippen LogP contribution in [0.5, 0.6) is 0 Å². The first-order valence-electron chi connectivity index (χ1n) is 5.33. The zero-order valence-electron chi connectivity index (χ0n) is 9.46. The molecular formula is C10H25NO3. The van der Waals surface area contributed by atoms with E-state index < -0.39 is 0 Å². The highest BCUT2D eigenvalue weighted by Crippen LogP contribution is 1.71. The van der Waals surface area contributed by atoms with Crippen LogP contribution in [0.4, 0.5) is 0 Å². The Hall–Kier alpha value is -0.160. The minimum atomic E-state index is 0.0278. The van der Waals surface area contributed by atoms with E-state index in [4.69, 9.17) is 10.2 Å². The van der Waals surface area contributed by atoms with E-state index in [-0.39, 0.29) is 13.2 Å². The predicted octanol–water partition coefficient (Wildman–Crippen LogP) is 0.384. The van der Waals surface area contributed by atoms with Crippen LogP contribution >= 0.6 is 0 Å². The molecule has 4 heteroatoms. The van der Waals surface area contributed by atoms with E-state index in [2.05, 4.69) is 23.9 Å². The van der Waals surface area contributed by atoms with Gasteiger partial charge in [-0.25, -0.2) is 0 Å². The van der Waals surface area contributed by atoms with Gasteiger partial charge in [0.1, 0.15) is 0 Å². The fourth-order valence-electron chi connectivity index (χ4n) is 0.710. The lowest BCUT2D eigenvalue weighted by Gasteiger charge is -1.95. The molecule has 0 aromatic carbocycles. The van der Waals surface area contributed by atoms with E-state index in [1.807, 2.05) is 0 Å². The number of hydrogen-bond acceptors (Lipinski definition) is 4. The van der Waals surface area contributed by atoms with Crippen molar-refractivity contribution < 1.29 is 14.9 Å². The van der Waals surface area contributed by atoms with E-state index in [0.29, 0.717) is 13.2 Å². The van der Waals surface area contributed by atoms with Gasteiger partial charge in [-0.15, -0.1) is 0 Å². The molecular weight excluding hydrogens is 182 g/mol. The Morgan fingerprint density at radius 2 is 1.36 bits per heavy atom. The van der Waals surface area contributed by atoms with Gasteiger partial charge in [-0.05, 0) is 25.9 Å². The Morgan fingerprint density at radius 3 is 1.64 bits per heavy atom. The van der Waals surface area contributed by atoms with Crippen LogP contribution in [0.1, 0.15) is 26.7 Å². The minimum Gasteiger partial charge on any atom is -0.394 e. The Kier molecular flexibility index (Phi) is 21.6. The number of aliphatic hydroxyl groups excluding tert-OH is 2. The zero-order chi connectivity index (χ0) is 11.1. The molecule has 0 aliphatic heterocycles. The molecule has 3 N–H and O–H groups in total. The van der Waals surface area contributed by atoms with Gasteiger partial charge in [-0.3, -0.25) is 0 Å². The molecule has 0 unspecified atom stereocenters. The average Bonchev–Trinajstić information content (AvgIpc) is 2.21. The van der Waals surface area contributed by atoms with E-state index in [9.17, 15) is 0 Å². The van der Waals surface area contributed by atoms with Crippen molar-refractivity contribution in [3.05, 3.63) is 0 Å². The molecule has 0 amide bonds. The van der Waals surface area contributed by atoms with Gasteiger partial charge in [0.25, 0.3) is 0 Å². The van der Waals surface area contributed by atoms with Crippen LogP contribution in [-0.2, 0) is 4.74 Å². The molecule has 14 heavy (non-hydrogen) atoms. The Bertz CT molecular complexity index is 63.8. The van der Waals surface area contributed by atoms with Crippen LogP contribution in [0.2, 0.25) is 0 Å². The number of ether oxygens (including phenoxy) is 1. The number of rotatable bonds is 8. The molecule has 0 aliphatic rings. The third-order valence-electron chi connectivity index (χ3n) is 1.32. The van der Waals surface area contributed by atoms with Gasteiger partial charge >= 0.3 is 0 Å². The van der Waals surface area contributed by atoms with Crippen molar-refractivity contribution in [3.8, 4) is 0 Å². The maximum atomic E-state index is 8.09. The molecule has 0 saturated heterocycles. The molecule has 0 aromatic rings. The molecule has 0 spiro atoms. The van der Waals surface area contributed by atoms with Crippen LogP contribution < -0.4 is 5.32 Å². The topological polar surface area (TPSA) is 61.7 Å². The van der Waals surface area contributed by atoms with Crippen molar-refractivity contribution in [2.45, 2.75) is 26.7 Å². The summed E-state index contributed by atoms with van der Waals surface area (Å²) < 4.78 is 4.63. The minimum absolute atomic E-state index is 0.0278. The largest absolute Gasteiger partial charge is 0.394 e.